The van der Waals surface area contributed by atoms with Gasteiger partial charge in [-0.25, -0.2) is 0 Å². The Kier molecular flexibility index (Phi) is 4.58. The van der Waals surface area contributed by atoms with E-state index >= 15 is 0 Å². The number of rotatable bonds is 4. The Morgan fingerprint density at radius 1 is 1.35 bits per heavy atom. The largest absolute Gasteiger partial charge is 0.469 e. The van der Waals surface area contributed by atoms with Crippen molar-refractivity contribution in [3.05, 3.63) is 35.9 Å². The number of benzene rings is 1. The second-order valence-corrected chi connectivity index (χ2v) is 5.66. The number of hydrogen-bond donors (Lipinski definition) is 0. The minimum atomic E-state index is -0.502. The summed E-state index contributed by atoms with van der Waals surface area (Å²) in [6, 6.07) is 10.2. The van der Waals surface area contributed by atoms with Gasteiger partial charge in [0.15, 0.2) is 0 Å². The Hall–Kier alpha value is -1.64. The standard InChI is InChI=1S/C17H22O3/c1-3-17(12-16(19)20-2)10-9-14(11-15(17)18)13-7-5-4-6-8-13/h4-8,14H,3,9-12H2,1-2H3/t14-,17+/m1/s1. The maximum absolute atomic E-state index is 12.6. The van der Waals surface area contributed by atoms with Gasteiger partial charge in [0, 0.05) is 11.8 Å². The Balaban J connectivity index is 2.11. The van der Waals surface area contributed by atoms with Crippen LogP contribution in [0.15, 0.2) is 30.3 Å². The fraction of sp³-hybridized carbons (Fsp3) is 0.529. The van der Waals surface area contributed by atoms with Gasteiger partial charge < -0.3 is 4.74 Å². The highest BCUT2D eigenvalue weighted by Gasteiger charge is 2.43. The smallest absolute Gasteiger partial charge is 0.306 e. The topological polar surface area (TPSA) is 43.4 Å². The molecule has 0 aliphatic heterocycles. The lowest BCUT2D eigenvalue weighted by atomic mass is 9.65. The summed E-state index contributed by atoms with van der Waals surface area (Å²) in [5.74, 6) is 0.227. The average molecular weight is 274 g/mol. The first-order valence-corrected chi connectivity index (χ1v) is 7.26. The number of hydrogen-bond acceptors (Lipinski definition) is 3. The van der Waals surface area contributed by atoms with E-state index in [0.717, 1.165) is 12.8 Å². The van der Waals surface area contributed by atoms with E-state index in [4.69, 9.17) is 4.74 Å². The number of esters is 1. The number of ketones is 1. The van der Waals surface area contributed by atoms with E-state index in [1.807, 2.05) is 25.1 Å². The Morgan fingerprint density at radius 3 is 2.60 bits per heavy atom. The van der Waals surface area contributed by atoms with Gasteiger partial charge in [-0.05, 0) is 30.7 Å². The van der Waals surface area contributed by atoms with Gasteiger partial charge in [-0.3, -0.25) is 9.59 Å². The van der Waals surface area contributed by atoms with Crippen LogP contribution in [0.4, 0.5) is 0 Å². The molecular formula is C17H22O3. The van der Waals surface area contributed by atoms with Crippen molar-refractivity contribution in [3.8, 4) is 0 Å². The molecule has 1 aliphatic carbocycles. The number of methoxy groups -OCH3 is 1. The fourth-order valence-electron chi connectivity index (χ4n) is 3.18. The Morgan fingerprint density at radius 2 is 2.05 bits per heavy atom. The molecule has 0 radical (unpaired) electrons. The lowest BCUT2D eigenvalue weighted by Crippen LogP contribution is -2.38. The van der Waals surface area contributed by atoms with E-state index in [1.54, 1.807) is 0 Å². The number of carbonyl (C=O) groups is 2. The van der Waals surface area contributed by atoms with Crippen molar-refractivity contribution in [3.63, 3.8) is 0 Å². The van der Waals surface area contributed by atoms with E-state index < -0.39 is 5.41 Å². The molecule has 0 saturated heterocycles. The first kappa shape index (κ1) is 14.8. The molecule has 0 spiro atoms. The summed E-state index contributed by atoms with van der Waals surface area (Å²) >= 11 is 0. The van der Waals surface area contributed by atoms with Gasteiger partial charge in [0.25, 0.3) is 0 Å². The van der Waals surface area contributed by atoms with E-state index in [9.17, 15) is 9.59 Å². The third kappa shape index (κ3) is 2.92. The lowest BCUT2D eigenvalue weighted by Gasteiger charge is -2.37. The van der Waals surface area contributed by atoms with Crippen molar-refractivity contribution in [1.29, 1.82) is 0 Å². The molecule has 3 heteroatoms. The molecule has 0 bridgehead atoms. The van der Waals surface area contributed by atoms with Crippen molar-refractivity contribution in [2.45, 2.75) is 44.9 Å². The van der Waals surface area contributed by atoms with Gasteiger partial charge in [0.05, 0.1) is 13.5 Å². The monoisotopic (exact) mass is 274 g/mol. The fourth-order valence-corrected chi connectivity index (χ4v) is 3.18. The number of carbonyl (C=O) groups excluding carboxylic acids is 2. The van der Waals surface area contributed by atoms with Crippen LogP contribution < -0.4 is 0 Å². The van der Waals surface area contributed by atoms with Crippen molar-refractivity contribution < 1.29 is 14.3 Å². The predicted molar refractivity (Wildman–Crippen MR) is 77.4 cm³/mol. The van der Waals surface area contributed by atoms with E-state index in [1.165, 1.54) is 12.7 Å². The third-order valence-electron chi connectivity index (χ3n) is 4.65. The summed E-state index contributed by atoms with van der Waals surface area (Å²) < 4.78 is 4.75. The molecule has 108 valence electrons. The van der Waals surface area contributed by atoms with E-state index in [-0.39, 0.29) is 18.2 Å². The highest BCUT2D eigenvalue weighted by Crippen LogP contribution is 2.44. The molecule has 1 fully saturated rings. The normalized spacial score (nSPS) is 26.3. The van der Waals surface area contributed by atoms with Crippen LogP contribution in [0.3, 0.4) is 0 Å². The minimum Gasteiger partial charge on any atom is -0.469 e. The van der Waals surface area contributed by atoms with Gasteiger partial charge in [-0.2, -0.15) is 0 Å². The predicted octanol–water partition coefficient (Wildman–Crippen LogP) is 3.48. The molecule has 1 aromatic carbocycles. The lowest BCUT2D eigenvalue weighted by molar-refractivity contribution is -0.149. The van der Waals surface area contributed by atoms with Crippen LogP contribution in [-0.4, -0.2) is 18.9 Å². The SMILES string of the molecule is CC[C@@]1(CC(=O)OC)CC[C@@H](c2ccccc2)CC1=O. The number of Topliss-reactive ketones (excluding diaryl/α,β-unsaturated/α-hetero) is 1. The summed E-state index contributed by atoms with van der Waals surface area (Å²) in [6.07, 6.45) is 3.20. The van der Waals surface area contributed by atoms with Gasteiger partial charge in [-0.15, -0.1) is 0 Å². The van der Waals surface area contributed by atoms with E-state index in [0.29, 0.717) is 18.8 Å². The van der Waals surface area contributed by atoms with Crippen LogP contribution in [0.25, 0.3) is 0 Å². The average Bonchev–Trinajstić information content (AvgIpc) is 2.50. The minimum absolute atomic E-state index is 0.213. The zero-order valence-electron chi connectivity index (χ0n) is 12.2. The van der Waals surface area contributed by atoms with Crippen LogP contribution >= 0.6 is 0 Å². The van der Waals surface area contributed by atoms with Gasteiger partial charge >= 0.3 is 5.97 Å². The van der Waals surface area contributed by atoms with Crippen molar-refractivity contribution >= 4 is 11.8 Å². The summed E-state index contributed by atoms with van der Waals surface area (Å²) in [5, 5.41) is 0. The first-order valence-electron chi connectivity index (χ1n) is 7.26. The van der Waals surface area contributed by atoms with Gasteiger partial charge in [0.2, 0.25) is 0 Å². The molecule has 1 saturated carbocycles. The van der Waals surface area contributed by atoms with Crippen molar-refractivity contribution in [2.24, 2.45) is 5.41 Å². The van der Waals surface area contributed by atoms with Crippen molar-refractivity contribution in [2.75, 3.05) is 7.11 Å². The maximum Gasteiger partial charge on any atom is 0.306 e. The molecule has 0 aromatic heterocycles. The van der Waals surface area contributed by atoms with E-state index in [2.05, 4.69) is 12.1 Å². The highest BCUT2D eigenvalue weighted by atomic mass is 16.5. The zero-order chi connectivity index (χ0) is 14.6. The molecule has 0 amide bonds. The second-order valence-electron chi connectivity index (χ2n) is 5.66. The molecule has 2 atom stereocenters. The van der Waals surface area contributed by atoms with Crippen LogP contribution in [0, 0.1) is 5.41 Å². The molecule has 3 nitrogen and oxygen atoms in total. The summed E-state index contributed by atoms with van der Waals surface area (Å²) in [7, 11) is 1.38. The highest BCUT2D eigenvalue weighted by molar-refractivity contribution is 5.90. The van der Waals surface area contributed by atoms with Crippen LogP contribution in [0.1, 0.15) is 50.5 Å². The van der Waals surface area contributed by atoms with Crippen molar-refractivity contribution in [1.82, 2.24) is 0 Å². The molecule has 1 aliphatic rings. The summed E-state index contributed by atoms with van der Waals surface area (Å²) in [4.78, 5) is 24.1. The van der Waals surface area contributed by atoms with Crippen LogP contribution in [0.5, 0.6) is 0 Å². The Bertz CT molecular complexity index is 480. The second kappa shape index (κ2) is 6.21. The molecule has 0 unspecified atom stereocenters. The molecule has 20 heavy (non-hydrogen) atoms. The zero-order valence-corrected chi connectivity index (χ0v) is 12.2. The number of ether oxygens (including phenoxy) is 1. The summed E-state index contributed by atoms with van der Waals surface area (Å²) in [6.45, 7) is 1.99. The van der Waals surface area contributed by atoms with Gasteiger partial charge in [-0.1, -0.05) is 37.3 Å². The molecule has 2 rings (SSSR count). The summed E-state index contributed by atoms with van der Waals surface area (Å²) in [5.41, 5.74) is 0.724. The molecule has 0 N–H and O–H groups in total. The van der Waals surface area contributed by atoms with Gasteiger partial charge in [0.1, 0.15) is 5.78 Å². The van der Waals surface area contributed by atoms with Crippen LogP contribution in [-0.2, 0) is 14.3 Å². The quantitative estimate of drug-likeness (QED) is 0.789. The maximum atomic E-state index is 12.6. The molecule has 0 heterocycles. The first-order chi connectivity index (χ1) is 9.61. The molecule has 1 aromatic rings. The Labute approximate surface area is 120 Å². The molecular weight excluding hydrogens is 252 g/mol. The van der Waals surface area contributed by atoms with Crippen LogP contribution in [0.2, 0.25) is 0 Å². The third-order valence-corrected chi connectivity index (χ3v) is 4.65.